The summed E-state index contributed by atoms with van der Waals surface area (Å²) < 4.78 is 6.41. The largest absolute Gasteiger partial charge is 0.456 e. The van der Waals surface area contributed by atoms with Crippen LogP contribution in [0.25, 0.3) is 65.0 Å². The third kappa shape index (κ3) is 3.39. The number of anilines is 3. The number of fused-ring (bicyclic) bond motifs is 7. The Morgan fingerprint density at radius 2 is 0.857 bits per heavy atom. The van der Waals surface area contributed by atoms with E-state index < -0.39 is 0 Å². The van der Waals surface area contributed by atoms with Crippen LogP contribution in [0.4, 0.5) is 17.1 Å². The van der Waals surface area contributed by atoms with Crippen molar-refractivity contribution in [2.75, 3.05) is 4.90 Å². The first-order chi connectivity index (χ1) is 20.8. The average Bonchev–Trinajstić information content (AvgIpc) is 3.43. The first-order valence-corrected chi connectivity index (χ1v) is 14.4. The van der Waals surface area contributed by atoms with Crippen LogP contribution in [0.1, 0.15) is 0 Å². The summed E-state index contributed by atoms with van der Waals surface area (Å²) >= 11 is 0. The van der Waals surface area contributed by atoms with Gasteiger partial charge in [0.15, 0.2) is 0 Å². The Morgan fingerprint density at radius 1 is 0.357 bits per heavy atom. The quantitative estimate of drug-likeness (QED) is 0.209. The van der Waals surface area contributed by atoms with Crippen molar-refractivity contribution in [1.82, 2.24) is 0 Å². The maximum atomic E-state index is 6.41. The lowest BCUT2D eigenvalue weighted by atomic mass is 9.96. The predicted molar refractivity (Wildman–Crippen MR) is 178 cm³/mol. The van der Waals surface area contributed by atoms with Crippen LogP contribution in [-0.2, 0) is 0 Å². The minimum atomic E-state index is 0.883. The standard InChI is InChI=1S/C40H25NO/c1-2-12-27-25-34-30(23-26(27)11-1)15-9-19-35(34)41(36-20-10-22-38-39(36)33-18-7-8-21-37(33)42-38)40-31-16-5-3-13-28(31)24-29-14-4-6-17-32(29)40/h1-25H. The molecule has 1 aromatic heterocycles. The molecule has 0 N–H and O–H groups in total. The van der Waals surface area contributed by atoms with Gasteiger partial charge in [-0.1, -0.05) is 109 Å². The molecule has 0 bridgehead atoms. The molecule has 9 aromatic rings. The molecule has 0 saturated carbocycles. The van der Waals surface area contributed by atoms with E-state index in [0.717, 1.165) is 33.3 Å². The van der Waals surface area contributed by atoms with Gasteiger partial charge in [-0.3, -0.25) is 0 Å². The fourth-order valence-electron chi connectivity index (χ4n) is 6.69. The van der Waals surface area contributed by atoms with Crippen LogP contribution in [0.2, 0.25) is 0 Å². The summed E-state index contributed by atoms with van der Waals surface area (Å²) in [5, 5.41) is 12.0. The molecule has 0 saturated heterocycles. The molecule has 2 heteroatoms. The van der Waals surface area contributed by atoms with Crippen molar-refractivity contribution in [3.8, 4) is 0 Å². The van der Waals surface area contributed by atoms with Gasteiger partial charge < -0.3 is 9.32 Å². The Labute approximate surface area is 242 Å². The zero-order valence-electron chi connectivity index (χ0n) is 22.8. The molecule has 0 atom stereocenters. The van der Waals surface area contributed by atoms with Gasteiger partial charge in [0.2, 0.25) is 0 Å². The maximum Gasteiger partial charge on any atom is 0.137 e. The highest BCUT2D eigenvalue weighted by Crippen LogP contribution is 2.49. The SMILES string of the molecule is c1ccc2cc3c(N(c4c5ccccc5cc5ccccc45)c4cccc5oc6ccccc6c45)cccc3cc2c1. The molecule has 2 nitrogen and oxygen atoms in total. The second-order valence-electron chi connectivity index (χ2n) is 10.9. The van der Waals surface area contributed by atoms with Gasteiger partial charge in [-0.05, 0) is 69.4 Å². The molecule has 42 heavy (non-hydrogen) atoms. The Hall–Kier alpha value is -5.60. The molecular formula is C40H25NO. The molecule has 0 spiro atoms. The molecule has 0 aliphatic carbocycles. The number of benzene rings is 8. The molecular weight excluding hydrogens is 510 g/mol. The third-order valence-corrected chi connectivity index (χ3v) is 8.55. The average molecular weight is 536 g/mol. The zero-order valence-corrected chi connectivity index (χ0v) is 22.8. The Kier molecular flexibility index (Phi) is 4.93. The van der Waals surface area contributed by atoms with Gasteiger partial charge in [0.25, 0.3) is 0 Å². The molecule has 1 heterocycles. The molecule has 0 amide bonds. The molecule has 196 valence electrons. The first kappa shape index (κ1) is 23.1. The number of furan rings is 1. The predicted octanol–water partition coefficient (Wildman–Crippen LogP) is 11.7. The summed E-state index contributed by atoms with van der Waals surface area (Å²) in [7, 11) is 0. The van der Waals surface area contributed by atoms with Crippen LogP contribution in [0.5, 0.6) is 0 Å². The van der Waals surface area contributed by atoms with Gasteiger partial charge in [-0.25, -0.2) is 0 Å². The van der Waals surface area contributed by atoms with E-state index in [-0.39, 0.29) is 0 Å². The van der Waals surface area contributed by atoms with Crippen LogP contribution in [-0.4, -0.2) is 0 Å². The highest BCUT2D eigenvalue weighted by Gasteiger charge is 2.24. The monoisotopic (exact) mass is 535 g/mol. The van der Waals surface area contributed by atoms with Gasteiger partial charge in [0.1, 0.15) is 11.2 Å². The lowest BCUT2D eigenvalue weighted by molar-refractivity contribution is 0.669. The highest BCUT2D eigenvalue weighted by molar-refractivity contribution is 6.21. The first-order valence-electron chi connectivity index (χ1n) is 14.4. The van der Waals surface area contributed by atoms with Crippen molar-refractivity contribution in [2.45, 2.75) is 0 Å². The Bertz CT molecular complexity index is 2430. The van der Waals surface area contributed by atoms with E-state index >= 15 is 0 Å². The van der Waals surface area contributed by atoms with Crippen LogP contribution in [0.3, 0.4) is 0 Å². The topological polar surface area (TPSA) is 16.4 Å². The van der Waals surface area contributed by atoms with E-state index in [1.165, 1.54) is 48.8 Å². The van der Waals surface area contributed by atoms with Gasteiger partial charge in [-0.15, -0.1) is 0 Å². The van der Waals surface area contributed by atoms with Crippen molar-refractivity contribution in [3.05, 3.63) is 152 Å². The van der Waals surface area contributed by atoms with Gasteiger partial charge in [0.05, 0.1) is 22.4 Å². The van der Waals surface area contributed by atoms with Crippen LogP contribution < -0.4 is 4.90 Å². The van der Waals surface area contributed by atoms with Crippen molar-refractivity contribution in [1.29, 1.82) is 0 Å². The minimum Gasteiger partial charge on any atom is -0.456 e. The lowest BCUT2D eigenvalue weighted by Gasteiger charge is -2.30. The number of nitrogens with zero attached hydrogens (tertiary/aromatic N) is 1. The Morgan fingerprint density at radius 3 is 1.62 bits per heavy atom. The third-order valence-electron chi connectivity index (χ3n) is 8.55. The van der Waals surface area contributed by atoms with E-state index in [1.54, 1.807) is 0 Å². The van der Waals surface area contributed by atoms with Gasteiger partial charge >= 0.3 is 0 Å². The summed E-state index contributed by atoms with van der Waals surface area (Å²) in [6.07, 6.45) is 0. The maximum absolute atomic E-state index is 6.41. The number of para-hydroxylation sites is 1. The minimum absolute atomic E-state index is 0.883. The Balaban J connectivity index is 1.49. The van der Waals surface area contributed by atoms with E-state index in [0.29, 0.717) is 0 Å². The van der Waals surface area contributed by atoms with Crippen molar-refractivity contribution in [3.63, 3.8) is 0 Å². The fourth-order valence-corrected chi connectivity index (χ4v) is 6.69. The second-order valence-corrected chi connectivity index (χ2v) is 10.9. The van der Waals surface area contributed by atoms with E-state index in [9.17, 15) is 0 Å². The second kappa shape index (κ2) is 8.95. The summed E-state index contributed by atoms with van der Waals surface area (Å²) in [6.45, 7) is 0. The van der Waals surface area contributed by atoms with E-state index in [1.807, 2.05) is 6.07 Å². The molecule has 9 rings (SSSR count). The number of hydrogen-bond acceptors (Lipinski definition) is 2. The smallest absolute Gasteiger partial charge is 0.137 e. The summed E-state index contributed by atoms with van der Waals surface area (Å²) in [6, 6.07) is 54.5. The fraction of sp³-hybridized carbons (Fsp3) is 0. The van der Waals surface area contributed by atoms with Crippen LogP contribution in [0, 0.1) is 0 Å². The molecule has 0 aliphatic rings. The van der Waals surface area contributed by atoms with E-state index in [4.69, 9.17) is 4.42 Å². The molecule has 0 unspecified atom stereocenters. The molecule has 0 aliphatic heterocycles. The zero-order chi connectivity index (χ0) is 27.6. The summed E-state index contributed by atoms with van der Waals surface area (Å²) in [4.78, 5) is 2.48. The highest BCUT2D eigenvalue weighted by atomic mass is 16.3. The van der Waals surface area contributed by atoms with Crippen molar-refractivity contribution in [2.24, 2.45) is 0 Å². The molecule has 8 aromatic carbocycles. The van der Waals surface area contributed by atoms with Gasteiger partial charge in [-0.2, -0.15) is 0 Å². The number of hydrogen-bond donors (Lipinski definition) is 0. The molecule has 0 fully saturated rings. The summed E-state index contributed by atoms with van der Waals surface area (Å²) in [5.41, 5.74) is 5.18. The van der Waals surface area contributed by atoms with Crippen molar-refractivity contribution >= 4 is 82.1 Å². The van der Waals surface area contributed by atoms with Crippen LogP contribution >= 0.6 is 0 Å². The van der Waals surface area contributed by atoms with Gasteiger partial charge in [0, 0.05) is 21.5 Å². The lowest BCUT2D eigenvalue weighted by Crippen LogP contribution is -2.12. The normalized spacial score (nSPS) is 11.8. The summed E-state index contributed by atoms with van der Waals surface area (Å²) in [5.74, 6) is 0. The number of rotatable bonds is 3. The van der Waals surface area contributed by atoms with Crippen LogP contribution in [0.15, 0.2) is 156 Å². The molecule has 0 radical (unpaired) electrons. The van der Waals surface area contributed by atoms with Crippen molar-refractivity contribution < 1.29 is 4.42 Å². The van der Waals surface area contributed by atoms with E-state index in [2.05, 4.69) is 150 Å².